The van der Waals surface area contributed by atoms with Crippen LogP contribution in [0.5, 0.6) is 0 Å². The number of hydrogen-bond donors (Lipinski definition) is 1. The highest BCUT2D eigenvalue weighted by atomic mass is 79.9. The summed E-state index contributed by atoms with van der Waals surface area (Å²) in [5.74, 6) is 1.50. The molecule has 0 aromatic carbocycles. The minimum absolute atomic E-state index is 0.452. The van der Waals surface area contributed by atoms with Gasteiger partial charge in [-0.05, 0) is 41.9 Å². The Balaban J connectivity index is 2.50. The molecule has 3 heteroatoms. The summed E-state index contributed by atoms with van der Waals surface area (Å²) < 4.78 is 6.51. The molecule has 0 aliphatic rings. The van der Waals surface area contributed by atoms with E-state index in [4.69, 9.17) is 4.42 Å². The lowest BCUT2D eigenvalue weighted by Crippen LogP contribution is -2.26. The summed E-state index contributed by atoms with van der Waals surface area (Å²) in [6, 6.07) is 2.48. The lowest BCUT2D eigenvalue weighted by atomic mass is 10.0. The van der Waals surface area contributed by atoms with Gasteiger partial charge in [0.2, 0.25) is 0 Å². The van der Waals surface area contributed by atoms with Gasteiger partial charge in [-0.2, -0.15) is 0 Å². The monoisotopic (exact) mass is 259 g/mol. The van der Waals surface area contributed by atoms with Gasteiger partial charge in [0.1, 0.15) is 5.76 Å². The van der Waals surface area contributed by atoms with E-state index < -0.39 is 0 Å². The van der Waals surface area contributed by atoms with Crippen molar-refractivity contribution >= 4 is 15.9 Å². The molecular weight excluding hydrogens is 242 g/mol. The molecule has 0 aliphatic heterocycles. The standard InChI is InChI=1S/C11H18BrNO/c1-4-13-9(3)7-8(2)11-10(12)5-6-14-11/h5-6,8-9,13H,4,7H2,1-3H3. The summed E-state index contributed by atoms with van der Waals surface area (Å²) in [6.07, 6.45) is 2.83. The van der Waals surface area contributed by atoms with E-state index in [1.807, 2.05) is 6.07 Å². The minimum atomic E-state index is 0.452. The van der Waals surface area contributed by atoms with Crippen LogP contribution in [0.2, 0.25) is 0 Å². The number of furan rings is 1. The van der Waals surface area contributed by atoms with Crippen molar-refractivity contribution in [2.75, 3.05) is 6.54 Å². The highest BCUT2D eigenvalue weighted by Gasteiger charge is 2.15. The molecule has 1 aromatic heterocycles. The molecule has 2 atom stereocenters. The lowest BCUT2D eigenvalue weighted by molar-refractivity contribution is 0.419. The van der Waals surface area contributed by atoms with E-state index >= 15 is 0 Å². The molecule has 0 aliphatic carbocycles. The Morgan fingerprint density at radius 1 is 1.50 bits per heavy atom. The van der Waals surface area contributed by atoms with Crippen LogP contribution in [0.1, 0.15) is 38.9 Å². The van der Waals surface area contributed by atoms with Crippen molar-refractivity contribution in [3.63, 3.8) is 0 Å². The van der Waals surface area contributed by atoms with E-state index in [-0.39, 0.29) is 0 Å². The molecular formula is C11H18BrNO. The lowest BCUT2D eigenvalue weighted by Gasteiger charge is -2.16. The Morgan fingerprint density at radius 3 is 2.71 bits per heavy atom. The molecule has 0 saturated carbocycles. The van der Waals surface area contributed by atoms with Gasteiger partial charge in [-0.25, -0.2) is 0 Å². The zero-order valence-electron chi connectivity index (χ0n) is 9.01. The molecule has 0 amide bonds. The molecule has 0 saturated heterocycles. The molecule has 80 valence electrons. The van der Waals surface area contributed by atoms with Crippen molar-refractivity contribution in [3.8, 4) is 0 Å². The Hall–Kier alpha value is -0.280. The third kappa shape index (κ3) is 3.14. The molecule has 1 rings (SSSR count). The molecule has 1 heterocycles. The SMILES string of the molecule is CCNC(C)CC(C)c1occc1Br. The largest absolute Gasteiger partial charge is 0.468 e. The summed E-state index contributed by atoms with van der Waals surface area (Å²) in [7, 11) is 0. The number of hydrogen-bond acceptors (Lipinski definition) is 2. The van der Waals surface area contributed by atoms with Crippen molar-refractivity contribution in [1.29, 1.82) is 0 Å². The highest BCUT2D eigenvalue weighted by Crippen LogP contribution is 2.28. The molecule has 0 spiro atoms. The second-order valence-electron chi connectivity index (χ2n) is 3.73. The summed E-state index contributed by atoms with van der Waals surface area (Å²) in [5, 5.41) is 3.40. The predicted molar refractivity (Wildman–Crippen MR) is 62.6 cm³/mol. The second-order valence-corrected chi connectivity index (χ2v) is 4.58. The fourth-order valence-corrected chi connectivity index (χ4v) is 2.32. The molecule has 2 unspecified atom stereocenters. The van der Waals surface area contributed by atoms with Crippen LogP contribution < -0.4 is 5.32 Å². The van der Waals surface area contributed by atoms with Crippen molar-refractivity contribution in [3.05, 3.63) is 22.6 Å². The van der Waals surface area contributed by atoms with E-state index in [1.165, 1.54) is 0 Å². The van der Waals surface area contributed by atoms with Crippen LogP contribution in [-0.4, -0.2) is 12.6 Å². The molecule has 1 aromatic rings. The first kappa shape index (κ1) is 11.8. The summed E-state index contributed by atoms with van der Waals surface area (Å²) >= 11 is 3.48. The van der Waals surface area contributed by atoms with Gasteiger partial charge in [-0.3, -0.25) is 0 Å². The number of nitrogens with one attached hydrogen (secondary N) is 1. The maximum atomic E-state index is 5.43. The van der Waals surface area contributed by atoms with Crippen molar-refractivity contribution in [2.24, 2.45) is 0 Å². The molecule has 14 heavy (non-hydrogen) atoms. The Morgan fingerprint density at radius 2 is 2.21 bits per heavy atom. The molecule has 0 radical (unpaired) electrons. The zero-order valence-corrected chi connectivity index (χ0v) is 10.6. The summed E-state index contributed by atoms with van der Waals surface area (Å²) in [5.41, 5.74) is 0. The molecule has 2 nitrogen and oxygen atoms in total. The van der Waals surface area contributed by atoms with E-state index in [2.05, 4.69) is 42.0 Å². The van der Waals surface area contributed by atoms with Gasteiger partial charge < -0.3 is 9.73 Å². The summed E-state index contributed by atoms with van der Waals surface area (Å²) in [4.78, 5) is 0. The van der Waals surface area contributed by atoms with Gasteiger partial charge in [0.05, 0.1) is 10.7 Å². The van der Waals surface area contributed by atoms with Crippen molar-refractivity contribution < 1.29 is 4.42 Å². The van der Waals surface area contributed by atoms with E-state index in [0.717, 1.165) is 23.2 Å². The average Bonchev–Trinajstić information content (AvgIpc) is 2.51. The quantitative estimate of drug-likeness (QED) is 0.876. The second kappa shape index (κ2) is 5.56. The number of rotatable bonds is 5. The fourth-order valence-electron chi connectivity index (χ4n) is 1.73. The molecule has 0 bridgehead atoms. The Labute approximate surface area is 94.2 Å². The zero-order chi connectivity index (χ0) is 10.6. The van der Waals surface area contributed by atoms with E-state index in [0.29, 0.717) is 12.0 Å². The molecule has 0 fully saturated rings. The Kier molecular flexibility index (Phi) is 4.69. The smallest absolute Gasteiger partial charge is 0.120 e. The third-order valence-corrected chi connectivity index (χ3v) is 3.01. The first-order chi connectivity index (χ1) is 6.65. The van der Waals surface area contributed by atoms with Crippen molar-refractivity contribution in [2.45, 2.75) is 39.2 Å². The first-order valence-electron chi connectivity index (χ1n) is 5.11. The van der Waals surface area contributed by atoms with Crippen LogP contribution in [-0.2, 0) is 0 Å². The number of halogens is 1. The summed E-state index contributed by atoms with van der Waals surface area (Å²) in [6.45, 7) is 7.55. The molecule has 1 N–H and O–H groups in total. The highest BCUT2D eigenvalue weighted by molar-refractivity contribution is 9.10. The van der Waals surface area contributed by atoms with Crippen LogP contribution in [0.15, 0.2) is 21.2 Å². The van der Waals surface area contributed by atoms with Crippen LogP contribution >= 0.6 is 15.9 Å². The van der Waals surface area contributed by atoms with Crippen LogP contribution in [0, 0.1) is 0 Å². The third-order valence-electron chi connectivity index (χ3n) is 2.35. The fraction of sp³-hybridized carbons (Fsp3) is 0.636. The normalized spacial score (nSPS) is 15.4. The van der Waals surface area contributed by atoms with Crippen molar-refractivity contribution in [1.82, 2.24) is 5.32 Å². The average molecular weight is 260 g/mol. The van der Waals surface area contributed by atoms with Gasteiger partial charge >= 0.3 is 0 Å². The maximum Gasteiger partial charge on any atom is 0.120 e. The van der Waals surface area contributed by atoms with E-state index in [9.17, 15) is 0 Å². The van der Waals surface area contributed by atoms with Gasteiger partial charge in [0.25, 0.3) is 0 Å². The topological polar surface area (TPSA) is 25.2 Å². The van der Waals surface area contributed by atoms with Crippen LogP contribution in [0.25, 0.3) is 0 Å². The van der Waals surface area contributed by atoms with Gasteiger partial charge in [-0.1, -0.05) is 13.8 Å². The van der Waals surface area contributed by atoms with E-state index in [1.54, 1.807) is 6.26 Å². The Bertz CT molecular complexity index is 272. The van der Waals surface area contributed by atoms with Crippen LogP contribution in [0.3, 0.4) is 0 Å². The maximum absolute atomic E-state index is 5.43. The minimum Gasteiger partial charge on any atom is -0.468 e. The van der Waals surface area contributed by atoms with Gasteiger partial charge in [0.15, 0.2) is 0 Å². The predicted octanol–water partition coefficient (Wildman–Crippen LogP) is 3.53. The van der Waals surface area contributed by atoms with Gasteiger partial charge in [0, 0.05) is 12.0 Å². The van der Waals surface area contributed by atoms with Crippen LogP contribution in [0.4, 0.5) is 0 Å². The first-order valence-corrected chi connectivity index (χ1v) is 5.90. The van der Waals surface area contributed by atoms with Gasteiger partial charge in [-0.15, -0.1) is 0 Å².